The molecule has 4 nitrogen and oxygen atoms in total. The van der Waals surface area contributed by atoms with E-state index >= 15 is 0 Å². The predicted octanol–water partition coefficient (Wildman–Crippen LogP) is 5.60. The molecule has 0 fully saturated rings. The Balaban J connectivity index is 2.00. The minimum Gasteiger partial charge on any atom is -0.483 e. The maximum atomic E-state index is 12.5. The van der Waals surface area contributed by atoms with E-state index in [0.29, 0.717) is 17.7 Å². The fourth-order valence-corrected chi connectivity index (χ4v) is 2.26. The zero-order valence-corrected chi connectivity index (χ0v) is 15.3. The fraction of sp³-hybridized carbons (Fsp3) is 0.250. The molecule has 0 saturated carbocycles. The lowest BCUT2D eigenvalue weighted by Gasteiger charge is -2.17. The summed E-state index contributed by atoms with van der Waals surface area (Å²) in [5.41, 5.74) is -0.874. The highest BCUT2D eigenvalue weighted by molar-refractivity contribution is 6.76. The third-order valence-electron chi connectivity index (χ3n) is 3.07. The highest BCUT2D eigenvalue weighted by atomic mass is 35.6. The first-order valence-electron chi connectivity index (χ1n) is 7.05. The Bertz CT molecular complexity index is 760. The van der Waals surface area contributed by atoms with E-state index in [1.807, 2.05) is 0 Å². The molecule has 2 aromatic rings. The van der Waals surface area contributed by atoms with Crippen LogP contribution in [0.25, 0.3) is 0 Å². The van der Waals surface area contributed by atoms with Crippen LogP contribution in [0, 0.1) is 0 Å². The van der Waals surface area contributed by atoms with Gasteiger partial charge >= 0.3 is 6.18 Å². The first kappa shape index (κ1) is 20.6. The van der Waals surface area contributed by atoms with E-state index in [0.717, 1.165) is 12.1 Å². The lowest BCUT2D eigenvalue weighted by molar-refractivity contribution is -0.137. The smallest absolute Gasteiger partial charge is 0.417 e. The van der Waals surface area contributed by atoms with Crippen molar-refractivity contribution in [3.63, 3.8) is 0 Å². The van der Waals surface area contributed by atoms with Gasteiger partial charge in [0.15, 0.2) is 6.10 Å². The summed E-state index contributed by atoms with van der Waals surface area (Å²) in [6.07, 6.45) is -4.78. The average molecular weight is 429 g/mol. The molecule has 0 unspecified atom stereocenters. The minimum atomic E-state index is -4.47. The average Bonchev–Trinajstić information content (AvgIpc) is 2.54. The van der Waals surface area contributed by atoms with Gasteiger partial charge in [0.25, 0.3) is 3.79 Å². The highest BCUT2D eigenvalue weighted by Crippen LogP contribution is 2.31. The first-order valence-corrected chi connectivity index (χ1v) is 8.19. The number of pyridine rings is 1. The SMILES string of the molecule is C[C@@H](Oc1ccc(Oc2ccc(C(F)(F)F)cn2)cc1)C(=O)C(Cl)(Cl)Cl. The number of alkyl halides is 6. The standard InChI is InChI=1S/C16H11Cl3F3NO3/c1-9(14(24)15(17,18)19)25-11-3-5-12(6-4-11)26-13-7-2-10(8-23-13)16(20,21)22/h2-9H,1H3/t9-/m1/s1. The molecule has 0 aliphatic heterocycles. The van der Waals surface area contributed by atoms with Gasteiger partial charge in [-0.1, -0.05) is 34.8 Å². The number of benzene rings is 1. The Morgan fingerprint density at radius 2 is 1.62 bits per heavy atom. The van der Waals surface area contributed by atoms with Gasteiger partial charge in [0, 0.05) is 12.3 Å². The largest absolute Gasteiger partial charge is 0.483 e. The highest BCUT2D eigenvalue weighted by Gasteiger charge is 2.35. The molecule has 0 aliphatic rings. The van der Waals surface area contributed by atoms with Crippen LogP contribution in [0.5, 0.6) is 17.4 Å². The first-order chi connectivity index (χ1) is 12.0. The molecule has 0 saturated heterocycles. The molecule has 1 atom stereocenters. The number of halogens is 6. The van der Waals surface area contributed by atoms with Crippen molar-refractivity contribution in [1.82, 2.24) is 4.98 Å². The number of rotatable bonds is 5. The van der Waals surface area contributed by atoms with Crippen LogP contribution in [0.4, 0.5) is 13.2 Å². The van der Waals surface area contributed by atoms with Gasteiger partial charge in [-0.05, 0) is 37.3 Å². The van der Waals surface area contributed by atoms with Crippen molar-refractivity contribution in [3.8, 4) is 17.4 Å². The van der Waals surface area contributed by atoms with Gasteiger partial charge in [0.2, 0.25) is 11.7 Å². The van der Waals surface area contributed by atoms with E-state index in [9.17, 15) is 18.0 Å². The van der Waals surface area contributed by atoms with Gasteiger partial charge in [-0.25, -0.2) is 4.98 Å². The summed E-state index contributed by atoms with van der Waals surface area (Å²) in [4.78, 5) is 15.3. The van der Waals surface area contributed by atoms with Crippen LogP contribution in [-0.4, -0.2) is 20.7 Å². The van der Waals surface area contributed by atoms with E-state index in [4.69, 9.17) is 44.3 Å². The zero-order chi connectivity index (χ0) is 19.5. The Kier molecular flexibility index (Phi) is 6.26. The maximum Gasteiger partial charge on any atom is 0.417 e. The van der Waals surface area contributed by atoms with E-state index in [-0.39, 0.29) is 5.88 Å². The van der Waals surface area contributed by atoms with Crippen molar-refractivity contribution in [2.45, 2.75) is 23.0 Å². The summed E-state index contributed by atoms with van der Waals surface area (Å²) in [5, 5.41) is 0. The molecule has 2 rings (SSSR count). The number of Topliss-reactive ketones (excluding diaryl/α,β-unsaturated/α-hetero) is 1. The molecule has 0 N–H and O–H groups in total. The number of carbonyl (C=O) groups is 1. The third-order valence-corrected chi connectivity index (χ3v) is 3.63. The number of ether oxygens (including phenoxy) is 2. The lowest BCUT2D eigenvalue weighted by atomic mass is 10.2. The molecule has 0 amide bonds. The van der Waals surface area contributed by atoms with Crippen LogP contribution in [0.15, 0.2) is 42.6 Å². The van der Waals surface area contributed by atoms with Crippen LogP contribution in [0.3, 0.4) is 0 Å². The van der Waals surface area contributed by atoms with E-state index < -0.39 is 27.4 Å². The molecule has 0 aliphatic carbocycles. The van der Waals surface area contributed by atoms with Gasteiger partial charge < -0.3 is 9.47 Å². The van der Waals surface area contributed by atoms with Crippen LogP contribution in [0.2, 0.25) is 0 Å². The Morgan fingerprint density at radius 1 is 1.04 bits per heavy atom. The molecule has 0 bridgehead atoms. The number of ketones is 1. The van der Waals surface area contributed by atoms with E-state index in [1.165, 1.54) is 31.2 Å². The molecule has 140 valence electrons. The third kappa shape index (κ3) is 5.65. The van der Waals surface area contributed by atoms with Crippen molar-refractivity contribution in [3.05, 3.63) is 48.2 Å². The van der Waals surface area contributed by atoms with Crippen molar-refractivity contribution >= 4 is 40.6 Å². The summed E-state index contributed by atoms with van der Waals surface area (Å²) in [6.45, 7) is 1.43. The van der Waals surface area contributed by atoms with E-state index in [2.05, 4.69) is 4.98 Å². The van der Waals surface area contributed by atoms with Gasteiger partial charge in [-0.15, -0.1) is 0 Å². The molecule has 1 heterocycles. The minimum absolute atomic E-state index is 0.00795. The Hall–Kier alpha value is -1.70. The fourth-order valence-electron chi connectivity index (χ4n) is 1.80. The van der Waals surface area contributed by atoms with Crippen molar-refractivity contribution in [2.24, 2.45) is 0 Å². The van der Waals surface area contributed by atoms with Crippen LogP contribution >= 0.6 is 34.8 Å². The molecular formula is C16H11Cl3F3NO3. The number of hydrogen-bond donors (Lipinski definition) is 0. The molecular weight excluding hydrogens is 418 g/mol. The van der Waals surface area contributed by atoms with Crippen LogP contribution < -0.4 is 9.47 Å². The second kappa shape index (κ2) is 7.90. The maximum absolute atomic E-state index is 12.5. The quantitative estimate of drug-likeness (QED) is 0.582. The summed E-state index contributed by atoms with van der Waals surface area (Å²) in [5.74, 6) is -0.110. The van der Waals surface area contributed by atoms with Crippen molar-refractivity contribution in [2.75, 3.05) is 0 Å². The second-order valence-corrected chi connectivity index (χ2v) is 7.36. The number of aromatic nitrogens is 1. The van der Waals surface area contributed by atoms with Crippen molar-refractivity contribution < 1.29 is 27.4 Å². The Morgan fingerprint density at radius 3 is 2.08 bits per heavy atom. The Labute approximate surface area is 161 Å². The summed E-state index contributed by atoms with van der Waals surface area (Å²) in [7, 11) is 0. The number of nitrogens with zero attached hydrogens (tertiary/aromatic N) is 1. The van der Waals surface area contributed by atoms with Crippen molar-refractivity contribution in [1.29, 1.82) is 0 Å². The lowest BCUT2D eigenvalue weighted by Crippen LogP contribution is -2.34. The normalized spacial score (nSPS) is 13.2. The van der Waals surface area contributed by atoms with Gasteiger partial charge in [0.1, 0.15) is 11.5 Å². The topological polar surface area (TPSA) is 48.4 Å². The second-order valence-electron chi connectivity index (χ2n) is 5.08. The van der Waals surface area contributed by atoms with Crippen LogP contribution in [-0.2, 0) is 11.0 Å². The molecule has 0 spiro atoms. The zero-order valence-electron chi connectivity index (χ0n) is 13.1. The monoisotopic (exact) mass is 427 g/mol. The summed E-state index contributed by atoms with van der Waals surface area (Å²) >= 11 is 16.5. The summed E-state index contributed by atoms with van der Waals surface area (Å²) < 4.78 is 46.1. The molecule has 0 radical (unpaired) electrons. The van der Waals surface area contributed by atoms with Gasteiger partial charge in [-0.2, -0.15) is 13.2 Å². The number of hydrogen-bond acceptors (Lipinski definition) is 4. The molecule has 10 heteroatoms. The molecule has 1 aromatic heterocycles. The molecule has 26 heavy (non-hydrogen) atoms. The molecule has 1 aromatic carbocycles. The van der Waals surface area contributed by atoms with Crippen LogP contribution in [0.1, 0.15) is 12.5 Å². The predicted molar refractivity (Wildman–Crippen MR) is 91.1 cm³/mol. The summed E-state index contributed by atoms with van der Waals surface area (Å²) in [6, 6.07) is 7.92. The van der Waals surface area contributed by atoms with Gasteiger partial charge in [-0.3, -0.25) is 4.79 Å². The number of carbonyl (C=O) groups excluding carboxylic acids is 1. The van der Waals surface area contributed by atoms with E-state index in [1.54, 1.807) is 0 Å². The van der Waals surface area contributed by atoms with Gasteiger partial charge in [0.05, 0.1) is 5.56 Å².